The highest BCUT2D eigenvalue weighted by atomic mass is 35.5. The summed E-state index contributed by atoms with van der Waals surface area (Å²) in [6, 6.07) is 6.37. The maximum atomic E-state index is 6.21. The zero-order chi connectivity index (χ0) is 13.8. The van der Waals surface area contributed by atoms with Gasteiger partial charge in [0, 0.05) is 40.8 Å². The lowest BCUT2D eigenvalue weighted by Crippen LogP contribution is -2.29. The van der Waals surface area contributed by atoms with Crippen LogP contribution in [0.1, 0.15) is 24.3 Å². The van der Waals surface area contributed by atoms with Crippen LogP contribution in [-0.4, -0.2) is 15.9 Å². The van der Waals surface area contributed by atoms with Crippen molar-refractivity contribution in [1.82, 2.24) is 9.88 Å². The van der Waals surface area contributed by atoms with E-state index in [0.717, 1.165) is 18.7 Å². The van der Waals surface area contributed by atoms with Gasteiger partial charge in [-0.15, -0.1) is 11.3 Å². The molecule has 0 unspecified atom stereocenters. The van der Waals surface area contributed by atoms with Crippen LogP contribution in [0.5, 0.6) is 0 Å². The molecule has 2 aromatic rings. The average molecular weight is 315 g/mol. The van der Waals surface area contributed by atoms with Crippen molar-refractivity contribution in [2.45, 2.75) is 33.0 Å². The fourth-order valence-corrected chi connectivity index (χ4v) is 2.95. The molecule has 0 atom stereocenters. The summed E-state index contributed by atoms with van der Waals surface area (Å²) in [6.45, 7) is 6.07. The molecule has 0 amide bonds. The van der Waals surface area contributed by atoms with Gasteiger partial charge in [-0.1, -0.05) is 29.3 Å². The fourth-order valence-electron chi connectivity index (χ4n) is 1.79. The number of nitrogens with zero attached hydrogens (tertiary/aromatic N) is 2. The highest BCUT2D eigenvalue weighted by molar-refractivity contribution is 7.09. The van der Waals surface area contributed by atoms with E-state index in [2.05, 4.69) is 41.2 Å². The zero-order valence-electron chi connectivity index (χ0n) is 10.9. The first-order chi connectivity index (χ1) is 9.06. The predicted octanol–water partition coefficient (Wildman–Crippen LogP) is 4.86. The summed E-state index contributed by atoms with van der Waals surface area (Å²) in [5, 5.41) is 3.21. The third-order valence-electron chi connectivity index (χ3n) is 2.94. The quantitative estimate of drug-likeness (QED) is 0.733. The summed E-state index contributed by atoms with van der Waals surface area (Å²) in [4.78, 5) is 7.82. The van der Waals surface area contributed by atoms with Crippen molar-refractivity contribution in [2.75, 3.05) is 0 Å². The smallest absolute Gasteiger partial charge is 0.130 e. The van der Waals surface area contributed by atoms with Crippen LogP contribution in [0.3, 0.4) is 0 Å². The second kappa shape index (κ2) is 6.71. The van der Waals surface area contributed by atoms with Gasteiger partial charge in [0.1, 0.15) is 5.15 Å². The Morgan fingerprint density at radius 2 is 2.11 bits per heavy atom. The fraction of sp³-hybridized carbons (Fsp3) is 0.357. The molecule has 2 aromatic heterocycles. The Morgan fingerprint density at radius 1 is 1.32 bits per heavy atom. The number of pyridine rings is 1. The standard InChI is InChI=1S/C14H16Cl2N2S/c1-10(2)18(9-12-4-3-5-19-12)8-11-7-17-14(16)6-13(11)15/h3-7,10H,8-9H2,1-2H3. The first-order valence-electron chi connectivity index (χ1n) is 6.12. The lowest BCUT2D eigenvalue weighted by molar-refractivity contribution is 0.205. The molecule has 2 rings (SSSR count). The van der Waals surface area contributed by atoms with Gasteiger partial charge >= 0.3 is 0 Å². The summed E-state index contributed by atoms with van der Waals surface area (Å²) in [5.41, 5.74) is 1.01. The van der Waals surface area contributed by atoms with Crippen molar-refractivity contribution < 1.29 is 0 Å². The molecule has 0 saturated carbocycles. The van der Waals surface area contributed by atoms with Crippen molar-refractivity contribution in [3.63, 3.8) is 0 Å². The van der Waals surface area contributed by atoms with E-state index in [0.29, 0.717) is 16.2 Å². The second-order valence-electron chi connectivity index (χ2n) is 4.68. The lowest BCUT2D eigenvalue weighted by atomic mass is 10.2. The third kappa shape index (κ3) is 4.18. The van der Waals surface area contributed by atoms with Gasteiger partial charge in [0.15, 0.2) is 0 Å². The van der Waals surface area contributed by atoms with E-state index in [4.69, 9.17) is 23.2 Å². The van der Waals surface area contributed by atoms with Crippen molar-refractivity contribution >= 4 is 34.5 Å². The molecule has 0 saturated heterocycles. The van der Waals surface area contributed by atoms with Gasteiger partial charge in [0.05, 0.1) is 0 Å². The molecule has 19 heavy (non-hydrogen) atoms. The van der Waals surface area contributed by atoms with Crippen LogP contribution in [0, 0.1) is 0 Å². The summed E-state index contributed by atoms with van der Waals surface area (Å²) in [7, 11) is 0. The summed E-state index contributed by atoms with van der Waals surface area (Å²) < 4.78 is 0. The second-order valence-corrected chi connectivity index (χ2v) is 6.50. The highest BCUT2D eigenvalue weighted by Crippen LogP contribution is 2.22. The van der Waals surface area contributed by atoms with E-state index >= 15 is 0 Å². The summed E-state index contributed by atoms with van der Waals surface area (Å²) in [6.07, 6.45) is 1.76. The van der Waals surface area contributed by atoms with Gasteiger partial charge in [-0.05, 0) is 31.4 Å². The Hall–Kier alpha value is -0.610. The first kappa shape index (κ1) is 14.8. The van der Waals surface area contributed by atoms with Crippen LogP contribution in [0.15, 0.2) is 29.8 Å². The minimum absolute atomic E-state index is 0.433. The van der Waals surface area contributed by atoms with Crippen LogP contribution in [0.2, 0.25) is 10.2 Å². The molecule has 0 radical (unpaired) electrons. The SMILES string of the molecule is CC(C)N(Cc1cccs1)Cc1cnc(Cl)cc1Cl. The molecule has 5 heteroatoms. The topological polar surface area (TPSA) is 16.1 Å². The number of rotatable bonds is 5. The van der Waals surface area contributed by atoms with Crippen LogP contribution < -0.4 is 0 Å². The lowest BCUT2D eigenvalue weighted by Gasteiger charge is -2.26. The highest BCUT2D eigenvalue weighted by Gasteiger charge is 2.13. The summed E-state index contributed by atoms with van der Waals surface area (Å²) in [5.74, 6) is 0. The Balaban J connectivity index is 2.12. The molecule has 0 fully saturated rings. The largest absolute Gasteiger partial charge is 0.292 e. The van der Waals surface area contributed by atoms with E-state index < -0.39 is 0 Å². The molecule has 102 valence electrons. The van der Waals surface area contributed by atoms with Gasteiger partial charge in [-0.3, -0.25) is 4.90 Å². The molecule has 0 aliphatic heterocycles. The van der Waals surface area contributed by atoms with Crippen LogP contribution in [0.4, 0.5) is 0 Å². The van der Waals surface area contributed by atoms with Crippen molar-refractivity contribution in [3.05, 3.63) is 50.4 Å². The third-order valence-corrected chi connectivity index (χ3v) is 4.36. The van der Waals surface area contributed by atoms with E-state index in [1.54, 1.807) is 23.6 Å². The molecule has 0 aliphatic rings. The van der Waals surface area contributed by atoms with Crippen LogP contribution >= 0.6 is 34.5 Å². The van der Waals surface area contributed by atoms with E-state index in [9.17, 15) is 0 Å². The number of thiophene rings is 1. The monoisotopic (exact) mass is 314 g/mol. The maximum Gasteiger partial charge on any atom is 0.130 e. The zero-order valence-corrected chi connectivity index (χ0v) is 13.3. The Labute approximate surface area is 128 Å². The number of hydrogen-bond acceptors (Lipinski definition) is 3. The molecule has 0 bridgehead atoms. The first-order valence-corrected chi connectivity index (χ1v) is 7.76. The van der Waals surface area contributed by atoms with Crippen LogP contribution in [0.25, 0.3) is 0 Å². The molecule has 2 nitrogen and oxygen atoms in total. The predicted molar refractivity (Wildman–Crippen MR) is 83.0 cm³/mol. The minimum Gasteiger partial charge on any atom is -0.292 e. The van der Waals surface area contributed by atoms with E-state index in [-0.39, 0.29) is 0 Å². The average Bonchev–Trinajstić information content (AvgIpc) is 2.84. The molecular weight excluding hydrogens is 299 g/mol. The molecule has 0 aromatic carbocycles. The normalized spacial score (nSPS) is 11.5. The van der Waals surface area contributed by atoms with E-state index in [1.807, 2.05) is 0 Å². The van der Waals surface area contributed by atoms with E-state index in [1.165, 1.54) is 4.88 Å². The van der Waals surface area contributed by atoms with Gasteiger partial charge in [0.2, 0.25) is 0 Å². The molecule has 2 heterocycles. The van der Waals surface area contributed by atoms with Gasteiger partial charge in [0.25, 0.3) is 0 Å². The summed E-state index contributed by atoms with van der Waals surface area (Å²) >= 11 is 13.8. The molecule has 0 aliphatic carbocycles. The minimum atomic E-state index is 0.433. The Morgan fingerprint density at radius 3 is 2.68 bits per heavy atom. The number of halogens is 2. The molecular formula is C14H16Cl2N2S. The van der Waals surface area contributed by atoms with Crippen molar-refractivity contribution in [2.24, 2.45) is 0 Å². The Bertz CT molecular complexity index is 526. The van der Waals surface area contributed by atoms with Crippen molar-refractivity contribution in [1.29, 1.82) is 0 Å². The van der Waals surface area contributed by atoms with Crippen molar-refractivity contribution in [3.8, 4) is 0 Å². The Kier molecular flexibility index (Phi) is 5.22. The number of aromatic nitrogens is 1. The van der Waals surface area contributed by atoms with Gasteiger partial charge < -0.3 is 0 Å². The van der Waals surface area contributed by atoms with Gasteiger partial charge in [-0.2, -0.15) is 0 Å². The van der Waals surface area contributed by atoms with Crippen LogP contribution in [-0.2, 0) is 13.1 Å². The maximum absolute atomic E-state index is 6.21. The molecule has 0 N–H and O–H groups in total. The van der Waals surface area contributed by atoms with Gasteiger partial charge in [-0.25, -0.2) is 4.98 Å². The number of hydrogen-bond donors (Lipinski definition) is 0. The molecule has 0 spiro atoms.